The predicted octanol–water partition coefficient (Wildman–Crippen LogP) is 12.9. The Morgan fingerprint density at radius 1 is 0.412 bits per heavy atom. The van der Waals surface area contributed by atoms with Crippen molar-refractivity contribution in [2.75, 3.05) is 0 Å². The van der Waals surface area contributed by atoms with Crippen LogP contribution < -0.4 is 9.47 Å². The minimum Gasteiger partial charge on any atom is -0.449 e. The van der Waals surface area contributed by atoms with Gasteiger partial charge < -0.3 is 9.47 Å². The van der Waals surface area contributed by atoms with E-state index in [0.29, 0.717) is 0 Å². The van der Waals surface area contributed by atoms with E-state index in [1.54, 1.807) is 0 Å². The summed E-state index contributed by atoms with van der Waals surface area (Å²) in [5.41, 5.74) is 11.2. The third-order valence-corrected chi connectivity index (χ3v) is 10.4. The Morgan fingerprint density at radius 2 is 1.02 bits per heavy atom. The van der Waals surface area contributed by atoms with E-state index < -0.39 is 5.41 Å². The molecule has 2 nitrogen and oxygen atoms in total. The normalized spacial score (nSPS) is 13.5. The van der Waals surface area contributed by atoms with Crippen LogP contribution in [0.4, 0.5) is 0 Å². The summed E-state index contributed by atoms with van der Waals surface area (Å²) in [6.07, 6.45) is 4.40. The zero-order valence-corrected chi connectivity index (χ0v) is 27.8. The summed E-state index contributed by atoms with van der Waals surface area (Å²) >= 11 is 0. The molecule has 0 saturated carbocycles. The highest BCUT2D eigenvalue weighted by Crippen LogP contribution is 2.62. The summed E-state index contributed by atoms with van der Waals surface area (Å²) in [6, 6.07) is 64.7. The molecule has 0 aromatic heterocycles. The molecule has 8 aromatic rings. The fourth-order valence-electron chi connectivity index (χ4n) is 8.20. The molecular formula is C49H32O2. The smallest absolute Gasteiger partial charge is 0.178 e. The molecule has 10 rings (SSSR count). The fourth-order valence-corrected chi connectivity index (χ4v) is 8.20. The predicted molar refractivity (Wildman–Crippen MR) is 209 cm³/mol. The van der Waals surface area contributed by atoms with Crippen LogP contribution in [0.2, 0.25) is 0 Å². The highest BCUT2D eigenvalue weighted by Gasteiger charge is 2.48. The lowest BCUT2D eigenvalue weighted by Crippen LogP contribution is -2.28. The molecule has 1 heterocycles. The zero-order valence-electron chi connectivity index (χ0n) is 27.8. The number of para-hydroxylation sites is 2. The lowest BCUT2D eigenvalue weighted by atomic mass is 9.67. The van der Waals surface area contributed by atoms with E-state index >= 15 is 0 Å². The Balaban J connectivity index is 1.22. The largest absolute Gasteiger partial charge is 0.449 e. The maximum Gasteiger partial charge on any atom is 0.178 e. The van der Waals surface area contributed by atoms with Crippen LogP contribution in [0.25, 0.3) is 45.2 Å². The van der Waals surface area contributed by atoms with Crippen LogP contribution in [0.3, 0.4) is 0 Å². The first-order valence-corrected chi connectivity index (χ1v) is 17.4. The van der Waals surface area contributed by atoms with Crippen LogP contribution in [0.1, 0.15) is 33.4 Å². The molecule has 0 unspecified atom stereocenters. The van der Waals surface area contributed by atoms with E-state index in [9.17, 15) is 0 Å². The van der Waals surface area contributed by atoms with Gasteiger partial charge in [0.1, 0.15) is 0 Å². The van der Waals surface area contributed by atoms with Gasteiger partial charge in [0.2, 0.25) is 0 Å². The fraction of sp³-hybridized carbons (Fsp3) is 0.0204. The van der Waals surface area contributed by atoms with Gasteiger partial charge in [-0.25, -0.2) is 0 Å². The Bertz CT molecular complexity index is 2580. The molecule has 0 spiro atoms. The third-order valence-electron chi connectivity index (χ3n) is 10.4. The van der Waals surface area contributed by atoms with Crippen molar-refractivity contribution < 1.29 is 9.47 Å². The SMILES string of the molecule is C(=Cc1ccc(-c2ccc3c(c2)-c2c(ccc4c2Oc2ccccc2O4)C3(c2ccccc2)c2ccccc2)c2ccccc12)c1ccccc1. The van der Waals surface area contributed by atoms with E-state index in [1.807, 2.05) is 30.3 Å². The average molecular weight is 653 g/mol. The number of ether oxygens (including phenoxy) is 2. The molecule has 2 heteroatoms. The van der Waals surface area contributed by atoms with Gasteiger partial charge in [-0.2, -0.15) is 0 Å². The summed E-state index contributed by atoms with van der Waals surface area (Å²) in [5, 5.41) is 2.43. The molecule has 8 aromatic carbocycles. The standard InChI is InChI=1S/C49H32O2/c1-4-14-33(15-5-1)24-25-34-26-28-39(40-21-11-10-20-38(34)40)35-27-29-42-41(32-35)47-43(30-31-46-48(47)51-45-23-13-12-22-44(45)50-46)49(42,36-16-6-2-7-17-36)37-18-8-3-9-19-37/h1-32H. The summed E-state index contributed by atoms with van der Waals surface area (Å²) < 4.78 is 13.3. The molecule has 1 aliphatic heterocycles. The first kappa shape index (κ1) is 29.3. The highest BCUT2D eigenvalue weighted by molar-refractivity contribution is 6.03. The van der Waals surface area contributed by atoms with Crippen LogP contribution in [0.15, 0.2) is 182 Å². The van der Waals surface area contributed by atoms with Gasteiger partial charge in [0.15, 0.2) is 23.0 Å². The Kier molecular flexibility index (Phi) is 6.75. The molecule has 0 saturated heterocycles. The number of benzene rings is 8. The topological polar surface area (TPSA) is 18.5 Å². The molecule has 0 fully saturated rings. The van der Waals surface area contributed by atoms with Crippen LogP contribution in [-0.2, 0) is 5.41 Å². The quantitative estimate of drug-likeness (QED) is 0.172. The monoisotopic (exact) mass is 652 g/mol. The molecule has 0 bridgehead atoms. The van der Waals surface area contributed by atoms with Crippen molar-refractivity contribution in [2.45, 2.75) is 5.41 Å². The summed E-state index contributed by atoms with van der Waals surface area (Å²) in [6.45, 7) is 0. The third kappa shape index (κ3) is 4.57. The zero-order chi connectivity index (χ0) is 33.8. The summed E-state index contributed by atoms with van der Waals surface area (Å²) in [5.74, 6) is 2.92. The number of hydrogen-bond donors (Lipinski definition) is 0. The van der Waals surface area contributed by atoms with Crippen molar-refractivity contribution in [3.05, 3.63) is 215 Å². The van der Waals surface area contributed by atoms with E-state index in [0.717, 1.165) is 39.7 Å². The van der Waals surface area contributed by atoms with Gasteiger partial charge in [0.05, 0.1) is 5.41 Å². The first-order valence-electron chi connectivity index (χ1n) is 17.4. The second-order valence-electron chi connectivity index (χ2n) is 13.2. The van der Waals surface area contributed by atoms with Crippen LogP contribution in [0, 0.1) is 0 Å². The average Bonchev–Trinajstić information content (AvgIpc) is 3.51. The van der Waals surface area contributed by atoms with Gasteiger partial charge in [-0.05, 0) is 85.1 Å². The second kappa shape index (κ2) is 11.8. The maximum absolute atomic E-state index is 6.80. The molecular weight excluding hydrogens is 621 g/mol. The van der Waals surface area contributed by atoms with Crippen LogP contribution in [0.5, 0.6) is 23.0 Å². The maximum atomic E-state index is 6.80. The number of fused-ring (bicyclic) bond motifs is 7. The lowest BCUT2D eigenvalue weighted by Gasteiger charge is -2.34. The van der Waals surface area contributed by atoms with Gasteiger partial charge in [0.25, 0.3) is 0 Å². The van der Waals surface area contributed by atoms with Crippen molar-refractivity contribution in [1.29, 1.82) is 0 Å². The minimum absolute atomic E-state index is 0.560. The van der Waals surface area contributed by atoms with Crippen LogP contribution in [-0.4, -0.2) is 0 Å². The Hall–Kier alpha value is -6.64. The van der Waals surface area contributed by atoms with Crippen molar-refractivity contribution in [2.24, 2.45) is 0 Å². The van der Waals surface area contributed by atoms with Gasteiger partial charge in [-0.15, -0.1) is 0 Å². The number of hydrogen-bond acceptors (Lipinski definition) is 2. The molecule has 0 radical (unpaired) electrons. The van der Waals surface area contributed by atoms with Gasteiger partial charge in [-0.3, -0.25) is 0 Å². The van der Waals surface area contributed by atoms with Crippen LogP contribution >= 0.6 is 0 Å². The number of rotatable bonds is 5. The van der Waals surface area contributed by atoms with Crippen molar-refractivity contribution in [3.8, 4) is 45.3 Å². The lowest BCUT2D eigenvalue weighted by molar-refractivity contribution is 0.360. The highest BCUT2D eigenvalue weighted by atomic mass is 16.6. The summed E-state index contributed by atoms with van der Waals surface area (Å²) in [4.78, 5) is 0. The molecule has 51 heavy (non-hydrogen) atoms. The van der Waals surface area contributed by atoms with E-state index in [-0.39, 0.29) is 0 Å². The van der Waals surface area contributed by atoms with Crippen molar-refractivity contribution >= 4 is 22.9 Å². The Morgan fingerprint density at radius 3 is 1.75 bits per heavy atom. The van der Waals surface area contributed by atoms with Gasteiger partial charge >= 0.3 is 0 Å². The van der Waals surface area contributed by atoms with Gasteiger partial charge in [0, 0.05) is 5.56 Å². The molecule has 0 atom stereocenters. The molecule has 0 amide bonds. The van der Waals surface area contributed by atoms with Gasteiger partial charge in [-0.1, -0.05) is 170 Å². The van der Waals surface area contributed by atoms with Crippen molar-refractivity contribution in [3.63, 3.8) is 0 Å². The Labute approximate surface area is 297 Å². The minimum atomic E-state index is -0.560. The molecule has 240 valence electrons. The summed E-state index contributed by atoms with van der Waals surface area (Å²) in [7, 11) is 0. The van der Waals surface area contributed by atoms with E-state index in [4.69, 9.17) is 9.47 Å². The van der Waals surface area contributed by atoms with E-state index in [2.05, 4.69) is 164 Å². The molecule has 1 aliphatic carbocycles. The molecule has 2 aliphatic rings. The van der Waals surface area contributed by atoms with Crippen molar-refractivity contribution in [1.82, 2.24) is 0 Å². The second-order valence-corrected chi connectivity index (χ2v) is 13.2. The van der Waals surface area contributed by atoms with E-state index in [1.165, 1.54) is 49.7 Å². The molecule has 0 N–H and O–H groups in total. The first-order chi connectivity index (χ1) is 25.3.